The van der Waals surface area contributed by atoms with Crippen molar-refractivity contribution >= 4 is 5.91 Å². The molecule has 8 nitrogen and oxygen atoms in total. The number of nitrogens with zero attached hydrogens (tertiary/aromatic N) is 5. The highest BCUT2D eigenvalue weighted by Crippen LogP contribution is 2.32. The molecule has 8 heteroatoms. The van der Waals surface area contributed by atoms with E-state index in [4.69, 9.17) is 9.26 Å². The summed E-state index contributed by atoms with van der Waals surface area (Å²) < 4.78 is 12.9. The number of amides is 1. The number of carbonyl (C=O) groups is 1. The second-order valence-electron chi connectivity index (χ2n) is 7.52. The van der Waals surface area contributed by atoms with Gasteiger partial charge in [-0.2, -0.15) is 10.1 Å². The fraction of sp³-hybridized carbons (Fsp3) is 0.684. The molecule has 4 rings (SSSR count). The Morgan fingerprint density at radius 3 is 2.93 bits per heavy atom. The largest absolute Gasteiger partial charge is 0.381 e. The van der Waals surface area contributed by atoms with E-state index in [0.29, 0.717) is 37.0 Å². The Kier molecular flexibility index (Phi) is 5.52. The molecule has 1 atom stereocenters. The van der Waals surface area contributed by atoms with Crippen molar-refractivity contribution in [2.75, 3.05) is 19.8 Å². The predicted molar refractivity (Wildman–Crippen MR) is 97.0 cm³/mol. The summed E-state index contributed by atoms with van der Waals surface area (Å²) in [5.41, 5.74) is 0.571. The van der Waals surface area contributed by atoms with E-state index in [1.807, 2.05) is 4.90 Å². The minimum atomic E-state index is -0.159. The van der Waals surface area contributed by atoms with Gasteiger partial charge >= 0.3 is 0 Å². The molecule has 0 aromatic carbocycles. The second-order valence-corrected chi connectivity index (χ2v) is 7.52. The van der Waals surface area contributed by atoms with Gasteiger partial charge in [-0.25, -0.2) is 0 Å². The van der Waals surface area contributed by atoms with Crippen molar-refractivity contribution in [3.8, 4) is 0 Å². The summed E-state index contributed by atoms with van der Waals surface area (Å²) in [6, 6.07) is 1.58. The lowest BCUT2D eigenvalue weighted by Gasteiger charge is -2.21. The first kappa shape index (κ1) is 18.2. The molecule has 1 aliphatic carbocycles. The summed E-state index contributed by atoms with van der Waals surface area (Å²) in [6.07, 6.45) is 9.27. The molecule has 2 aromatic heterocycles. The molecule has 0 radical (unpaired) electrons. The third kappa shape index (κ3) is 4.05. The van der Waals surface area contributed by atoms with Crippen molar-refractivity contribution < 1.29 is 14.1 Å². The van der Waals surface area contributed by atoms with Gasteiger partial charge in [-0.05, 0) is 37.7 Å². The number of likely N-dealkylation sites (tertiary alicyclic amines) is 1. The molecule has 2 fully saturated rings. The zero-order chi connectivity index (χ0) is 18.6. The lowest BCUT2D eigenvalue weighted by atomic mass is 10.1. The molecular weight excluding hydrogens is 346 g/mol. The predicted octanol–water partition coefficient (Wildman–Crippen LogP) is 2.53. The Balaban J connectivity index is 1.32. The van der Waals surface area contributed by atoms with Gasteiger partial charge in [0.05, 0.1) is 6.61 Å². The molecule has 146 valence electrons. The molecule has 3 heterocycles. The summed E-state index contributed by atoms with van der Waals surface area (Å²) in [4.78, 5) is 19.1. The number of aryl methyl sites for hydroxylation is 1. The van der Waals surface area contributed by atoms with Gasteiger partial charge in [-0.15, -0.1) is 0 Å². The molecule has 1 saturated carbocycles. The van der Waals surface area contributed by atoms with Gasteiger partial charge < -0.3 is 14.2 Å². The van der Waals surface area contributed by atoms with Crippen molar-refractivity contribution in [1.29, 1.82) is 0 Å². The molecule has 1 aliphatic heterocycles. The smallest absolute Gasteiger partial charge is 0.272 e. The molecule has 0 N–H and O–H groups in total. The second kappa shape index (κ2) is 8.21. The molecule has 0 spiro atoms. The summed E-state index contributed by atoms with van der Waals surface area (Å²) in [7, 11) is 1.77. The summed E-state index contributed by atoms with van der Waals surface area (Å²) in [5, 5.41) is 8.17. The highest BCUT2D eigenvalue weighted by atomic mass is 16.5. The lowest BCUT2D eigenvalue weighted by molar-refractivity contribution is 0.0699. The van der Waals surface area contributed by atoms with Crippen molar-refractivity contribution in [1.82, 2.24) is 24.8 Å². The fourth-order valence-corrected chi connectivity index (χ4v) is 4.09. The van der Waals surface area contributed by atoms with Crippen LogP contribution in [0.15, 0.2) is 16.8 Å². The molecular formula is C19H27N5O3. The quantitative estimate of drug-likeness (QED) is 0.693. The molecule has 1 amide bonds. The van der Waals surface area contributed by atoms with Crippen molar-refractivity contribution in [2.45, 2.75) is 51.0 Å². The van der Waals surface area contributed by atoms with Gasteiger partial charge in [0, 0.05) is 32.8 Å². The normalized spacial score (nSPS) is 20.6. The molecule has 2 aliphatic rings. The molecule has 2 aromatic rings. The zero-order valence-electron chi connectivity index (χ0n) is 15.8. The number of hydrogen-bond donors (Lipinski definition) is 0. The van der Waals surface area contributed by atoms with Gasteiger partial charge in [-0.1, -0.05) is 18.0 Å². The topological polar surface area (TPSA) is 86.3 Å². The van der Waals surface area contributed by atoms with Gasteiger partial charge in [0.25, 0.3) is 5.91 Å². The van der Waals surface area contributed by atoms with E-state index < -0.39 is 0 Å². The minimum absolute atomic E-state index is 0.0443. The van der Waals surface area contributed by atoms with Crippen LogP contribution in [-0.2, 0) is 18.2 Å². The average Bonchev–Trinajstić information content (AvgIpc) is 3.45. The van der Waals surface area contributed by atoms with Crippen LogP contribution in [0.25, 0.3) is 0 Å². The Bertz CT molecular complexity index is 765. The van der Waals surface area contributed by atoms with E-state index in [0.717, 1.165) is 25.4 Å². The van der Waals surface area contributed by atoms with Crippen molar-refractivity contribution in [3.63, 3.8) is 0 Å². The molecule has 1 saturated heterocycles. The van der Waals surface area contributed by atoms with Gasteiger partial charge in [0.15, 0.2) is 5.82 Å². The van der Waals surface area contributed by atoms with E-state index in [1.165, 1.54) is 25.7 Å². The van der Waals surface area contributed by atoms with Crippen LogP contribution in [0.1, 0.15) is 66.8 Å². The maximum atomic E-state index is 12.8. The van der Waals surface area contributed by atoms with Crippen LogP contribution in [0.4, 0.5) is 0 Å². The highest BCUT2D eigenvalue weighted by molar-refractivity contribution is 5.92. The average molecular weight is 373 g/mol. The maximum absolute atomic E-state index is 12.8. The molecule has 27 heavy (non-hydrogen) atoms. The maximum Gasteiger partial charge on any atom is 0.272 e. The number of ether oxygens (including phenoxy) is 1. The number of hydrogen-bond acceptors (Lipinski definition) is 6. The van der Waals surface area contributed by atoms with Crippen molar-refractivity contribution in [3.05, 3.63) is 29.7 Å². The van der Waals surface area contributed by atoms with Crippen LogP contribution in [0.3, 0.4) is 0 Å². The third-order valence-electron chi connectivity index (χ3n) is 5.62. The summed E-state index contributed by atoms with van der Waals surface area (Å²) in [5.74, 6) is 1.85. The first-order valence-electron chi connectivity index (χ1n) is 9.91. The SMILES string of the molecule is Cn1nccc1C(=O)N1CCCC1c1nc(CCOCC2CCCC2)no1. The molecule has 0 bridgehead atoms. The van der Waals surface area contributed by atoms with Crippen LogP contribution >= 0.6 is 0 Å². The zero-order valence-corrected chi connectivity index (χ0v) is 15.8. The Labute approximate surface area is 158 Å². The Morgan fingerprint density at radius 1 is 1.30 bits per heavy atom. The highest BCUT2D eigenvalue weighted by Gasteiger charge is 2.35. The monoisotopic (exact) mass is 373 g/mol. The van der Waals surface area contributed by atoms with E-state index >= 15 is 0 Å². The van der Waals surface area contributed by atoms with Crippen LogP contribution < -0.4 is 0 Å². The number of aromatic nitrogens is 4. The summed E-state index contributed by atoms with van der Waals surface area (Å²) in [6.45, 7) is 2.13. The standard InChI is InChI=1S/C19H27N5O3/c1-23-16(8-10-20-23)19(25)24-11-4-7-15(24)18-21-17(22-27-18)9-12-26-13-14-5-2-3-6-14/h8,10,14-15H,2-7,9,11-13H2,1H3. The minimum Gasteiger partial charge on any atom is -0.381 e. The van der Waals surface area contributed by atoms with E-state index in [-0.39, 0.29) is 11.9 Å². The van der Waals surface area contributed by atoms with E-state index in [1.54, 1.807) is 24.0 Å². The van der Waals surface area contributed by atoms with E-state index in [2.05, 4.69) is 15.2 Å². The van der Waals surface area contributed by atoms with E-state index in [9.17, 15) is 4.79 Å². The van der Waals surface area contributed by atoms with Gasteiger partial charge in [0.2, 0.25) is 5.89 Å². The molecule has 1 unspecified atom stereocenters. The first-order valence-corrected chi connectivity index (χ1v) is 9.91. The van der Waals surface area contributed by atoms with Gasteiger partial charge in [0.1, 0.15) is 11.7 Å². The Hall–Kier alpha value is -2.22. The number of carbonyl (C=O) groups excluding carboxylic acids is 1. The van der Waals surface area contributed by atoms with Crippen molar-refractivity contribution in [2.24, 2.45) is 13.0 Å². The van der Waals surface area contributed by atoms with Crippen LogP contribution in [0.2, 0.25) is 0 Å². The van der Waals surface area contributed by atoms with Crippen LogP contribution in [-0.4, -0.2) is 50.5 Å². The third-order valence-corrected chi connectivity index (χ3v) is 5.62. The lowest BCUT2D eigenvalue weighted by Crippen LogP contribution is -2.32. The Morgan fingerprint density at radius 2 is 2.15 bits per heavy atom. The first-order chi connectivity index (χ1) is 13.2. The van der Waals surface area contributed by atoms with Crippen LogP contribution in [0.5, 0.6) is 0 Å². The van der Waals surface area contributed by atoms with Gasteiger partial charge in [-0.3, -0.25) is 9.48 Å². The number of rotatable bonds is 7. The summed E-state index contributed by atoms with van der Waals surface area (Å²) >= 11 is 0. The van der Waals surface area contributed by atoms with Crippen LogP contribution in [0, 0.1) is 5.92 Å². The fourth-order valence-electron chi connectivity index (χ4n) is 4.09.